The number of hydrogen-bond donors (Lipinski definition) is 7. The lowest BCUT2D eigenvalue weighted by Crippen LogP contribution is -2.25. The molecule has 0 aliphatic carbocycles. The molecule has 7 N–H and O–H groups in total. The highest BCUT2D eigenvalue weighted by atomic mass is 35.5. The van der Waals surface area contributed by atoms with Gasteiger partial charge in [0.1, 0.15) is 5.82 Å². The first-order valence-electron chi connectivity index (χ1n) is 38.7. The molecule has 0 radical (unpaired) electrons. The lowest BCUT2D eigenvalue weighted by molar-refractivity contribution is 0.101. The highest BCUT2D eigenvalue weighted by Gasteiger charge is 2.33. The summed E-state index contributed by atoms with van der Waals surface area (Å²) in [5.41, 5.74) is 8.41. The number of nitrogens with zero attached hydrogens (tertiary/aromatic N) is 5. The van der Waals surface area contributed by atoms with Crippen LogP contribution >= 0.6 is 58.0 Å². The summed E-state index contributed by atoms with van der Waals surface area (Å²) in [6, 6.07) is 64.0. The molecule has 126 heavy (non-hydrogen) atoms. The molecule has 648 valence electrons. The minimum Gasteiger partial charge on any atom is -0.322 e. The van der Waals surface area contributed by atoms with Crippen LogP contribution in [-0.2, 0) is 40.1 Å². The van der Waals surface area contributed by atoms with Gasteiger partial charge in [-0.2, -0.15) is 0 Å². The zero-order chi connectivity index (χ0) is 89.8. The molecule has 0 bridgehead atoms. The monoisotopic (exact) mass is 1870 g/mol. The Morgan fingerprint density at radius 2 is 0.635 bits per heavy atom. The maximum absolute atomic E-state index is 13.4. The van der Waals surface area contributed by atoms with Crippen molar-refractivity contribution in [1.29, 1.82) is 0 Å². The van der Waals surface area contributed by atoms with Gasteiger partial charge in [0.2, 0.25) is 40.1 Å². The summed E-state index contributed by atoms with van der Waals surface area (Å²) in [4.78, 5) is 91.8. The van der Waals surface area contributed by atoms with E-state index in [1.807, 2.05) is 25.1 Å². The second-order valence-electron chi connectivity index (χ2n) is 28.8. The van der Waals surface area contributed by atoms with Crippen LogP contribution in [0.2, 0.25) is 25.1 Å². The number of aryl methyl sites for hydroxylation is 1. The number of amides is 7. The lowest BCUT2D eigenvalue weighted by atomic mass is 10.0. The third-order valence-electron chi connectivity index (χ3n) is 20.0. The van der Waals surface area contributed by atoms with Gasteiger partial charge in [0.15, 0.2) is 0 Å². The van der Waals surface area contributed by atoms with E-state index >= 15 is 0 Å². The summed E-state index contributed by atoms with van der Waals surface area (Å²) < 4.78 is 115. The molecular formula is C89H76Cl5FN12O15S4. The fourth-order valence-electron chi connectivity index (χ4n) is 13.7. The van der Waals surface area contributed by atoms with Crippen LogP contribution < -0.4 is 54.4 Å². The van der Waals surface area contributed by atoms with Crippen LogP contribution in [0.3, 0.4) is 0 Å². The van der Waals surface area contributed by atoms with Crippen molar-refractivity contribution < 1.29 is 71.6 Å². The summed E-state index contributed by atoms with van der Waals surface area (Å²) in [7, 11) is -13.1. The van der Waals surface area contributed by atoms with Crippen molar-refractivity contribution in [3.05, 3.63) is 330 Å². The number of carbonyl (C=O) groups excluding carboxylic acids is 7. The average molecular weight is 1880 g/mol. The number of halogens is 6. The fraction of sp³-hybridized carbons (Fsp3) is 0.146. The standard InChI is InChI=1S/C23H19Cl2N3O4S.C23H19ClFN3O4S.C22H19ClN4O4S.C21H19ClN2O3S/c24-17-4-1-3-16(13-17)23(30)27-21-14-18(7-10-20(21)25)26-22(29)15-5-8-19(9-6-15)28-11-2-12-33(28,31)32;24-20-10-7-18(14-21(20)27-23(30)16-3-1-4-17(25)13-16)26-22(29)15-5-8-19(9-6-15)28-11-2-12-33(28,31)32;23-19-9-6-17(13-20(19)26-22(29)16-3-1-10-24-14-16)25-21(28)15-4-7-18(8-5-15)27-11-2-12-32(27,30)31;1-14-4-2-5-17-19(11-10-18(22)20(14)17)23-21(25)15-6-8-16(9-7-15)24-12-3-13-28(24,26)27/h2*1,3-10,13-14H,2,11-12H2,(H,26,29)(H,27,30);1,3-10,13-14H,2,11-12H2,(H,25,28)(H,26,29);2,4-11H,3,12-13H2,1H3,(H,23,25). The summed E-state index contributed by atoms with van der Waals surface area (Å²) in [6.07, 6.45) is 5.35. The van der Waals surface area contributed by atoms with Gasteiger partial charge in [-0.25, -0.2) is 38.1 Å². The number of benzene rings is 11. The molecule has 0 unspecified atom stereocenters. The van der Waals surface area contributed by atoms with Crippen molar-refractivity contribution in [3.63, 3.8) is 0 Å². The zero-order valence-corrected chi connectivity index (χ0v) is 73.5. The van der Waals surface area contributed by atoms with Crippen molar-refractivity contribution in [2.45, 2.75) is 32.6 Å². The number of carbonyl (C=O) groups is 7. The van der Waals surface area contributed by atoms with E-state index in [1.165, 1.54) is 59.8 Å². The van der Waals surface area contributed by atoms with Crippen LogP contribution in [0.4, 0.5) is 67.0 Å². The summed E-state index contributed by atoms with van der Waals surface area (Å²) in [5.74, 6) is -2.78. The molecule has 0 spiro atoms. The number of hydrogen-bond acceptors (Lipinski definition) is 16. The molecule has 7 amide bonds. The van der Waals surface area contributed by atoms with Crippen molar-refractivity contribution in [2.24, 2.45) is 0 Å². The van der Waals surface area contributed by atoms with Crippen molar-refractivity contribution in [1.82, 2.24) is 4.98 Å². The predicted octanol–water partition coefficient (Wildman–Crippen LogP) is 17.9. The molecule has 11 aromatic carbocycles. The van der Waals surface area contributed by atoms with Gasteiger partial charge in [-0.15, -0.1) is 0 Å². The van der Waals surface area contributed by atoms with Crippen LogP contribution in [0.1, 0.15) is 104 Å². The summed E-state index contributed by atoms with van der Waals surface area (Å²) >= 11 is 30.8. The first-order chi connectivity index (χ1) is 60.1. The van der Waals surface area contributed by atoms with Gasteiger partial charge in [0.25, 0.3) is 41.4 Å². The molecule has 4 aliphatic heterocycles. The number of anilines is 11. The van der Waals surface area contributed by atoms with E-state index in [2.05, 4.69) is 42.2 Å². The molecule has 0 saturated carbocycles. The molecule has 27 nitrogen and oxygen atoms in total. The first kappa shape index (κ1) is 91.2. The number of sulfonamides is 4. The predicted molar refractivity (Wildman–Crippen MR) is 495 cm³/mol. The minimum atomic E-state index is -3.30. The number of aromatic nitrogens is 1. The van der Waals surface area contributed by atoms with Gasteiger partial charge >= 0.3 is 0 Å². The zero-order valence-electron chi connectivity index (χ0n) is 66.5. The van der Waals surface area contributed by atoms with Crippen LogP contribution in [0, 0.1) is 12.7 Å². The lowest BCUT2D eigenvalue weighted by Gasteiger charge is -2.17. The van der Waals surface area contributed by atoms with E-state index < -0.39 is 63.6 Å². The van der Waals surface area contributed by atoms with Crippen LogP contribution in [-0.4, -0.2) is 129 Å². The average Bonchev–Trinajstić information content (AvgIpc) is 1.12. The highest BCUT2D eigenvalue weighted by molar-refractivity contribution is 7.94. The second-order valence-corrected chi connectivity index (χ2v) is 38.9. The van der Waals surface area contributed by atoms with E-state index in [0.717, 1.165) is 22.4 Å². The van der Waals surface area contributed by atoms with Crippen molar-refractivity contribution >= 4 is 213 Å². The molecule has 0 atom stereocenters. The molecule has 12 aromatic rings. The molecule has 37 heteroatoms. The Bertz CT molecular complexity index is 6490. The second kappa shape index (κ2) is 39.8. The SMILES string of the molecule is Cc1cccc2c(NC(=O)c3ccc(N4CCCS4(=O)=O)cc3)ccc(Cl)c12.O=C(Nc1ccc(Cl)c(NC(=O)c2cccc(Cl)c2)c1)c1ccc(N2CCCS2(=O)=O)cc1.O=C(Nc1ccc(Cl)c(NC(=O)c2cccc(F)c2)c1)c1ccc(N2CCCS2(=O)=O)cc1.O=C(Nc1ccc(Cl)c(NC(=O)c2cccnc2)c1)c1ccc(N2CCCS2(=O)=O)cc1. The normalized spacial score (nSPS) is 14.9. The molecule has 4 aliphatic rings. The molecular weight excluding hydrogens is 1800 g/mol. The highest BCUT2D eigenvalue weighted by Crippen LogP contribution is 2.36. The number of pyridine rings is 1. The van der Waals surface area contributed by atoms with Gasteiger partial charge in [-0.05, 0) is 250 Å². The maximum Gasteiger partial charge on any atom is 0.257 e. The van der Waals surface area contributed by atoms with Crippen LogP contribution in [0.15, 0.2) is 255 Å². The Labute approximate surface area is 750 Å². The molecule has 5 heterocycles. The van der Waals surface area contributed by atoms with Crippen molar-refractivity contribution in [2.75, 3.05) is 104 Å². The quantitative estimate of drug-likeness (QED) is 0.0420. The number of rotatable bonds is 18. The molecule has 16 rings (SSSR count). The van der Waals surface area contributed by atoms with Gasteiger partial charge in [0.05, 0.1) is 83.5 Å². The van der Waals surface area contributed by atoms with Crippen LogP contribution in [0.5, 0.6) is 0 Å². The van der Waals surface area contributed by atoms with E-state index in [4.69, 9.17) is 58.0 Å². The van der Waals surface area contributed by atoms with Gasteiger partial charge in [-0.3, -0.25) is 55.8 Å². The van der Waals surface area contributed by atoms with E-state index in [0.29, 0.717) is 162 Å². The maximum atomic E-state index is 13.4. The number of nitrogens with one attached hydrogen (secondary N) is 7. The minimum absolute atomic E-state index is 0.115. The largest absolute Gasteiger partial charge is 0.322 e. The smallest absolute Gasteiger partial charge is 0.257 e. The Morgan fingerprint density at radius 3 is 0.976 bits per heavy atom. The third kappa shape index (κ3) is 22.6. The Hall–Kier alpha value is -12.5. The van der Waals surface area contributed by atoms with Gasteiger partial charge in [0, 0.05) is 116 Å². The fourth-order valence-corrected chi connectivity index (χ4v) is 21.0. The van der Waals surface area contributed by atoms with Crippen LogP contribution in [0.25, 0.3) is 10.8 Å². The van der Waals surface area contributed by atoms with E-state index in [9.17, 15) is 71.6 Å². The van der Waals surface area contributed by atoms with Gasteiger partial charge < -0.3 is 37.2 Å². The molecule has 4 saturated heterocycles. The Morgan fingerprint density at radius 1 is 0.317 bits per heavy atom. The third-order valence-corrected chi connectivity index (χ3v) is 29.0. The summed E-state index contributed by atoms with van der Waals surface area (Å²) in [6.45, 7) is 3.74. The molecule has 4 fully saturated rings. The van der Waals surface area contributed by atoms with E-state index in [1.54, 1.807) is 188 Å². The Kier molecular flexibility index (Phi) is 28.8. The van der Waals surface area contributed by atoms with Gasteiger partial charge in [-0.1, -0.05) is 88.3 Å². The number of fused-ring (bicyclic) bond motifs is 1. The topological polar surface area (TPSA) is 366 Å². The van der Waals surface area contributed by atoms with Crippen molar-refractivity contribution in [3.8, 4) is 0 Å². The Balaban J connectivity index is 0.000000144. The first-order valence-corrected chi connectivity index (χ1v) is 47.1. The van der Waals surface area contributed by atoms with E-state index in [-0.39, 0.29) is 62.9 Å². The summed E-state index contributed by atoms with van der Waals surface area (Å²) in [5, 5.41) is 22.9. The molecule has 1 aromatic heterocycles.